The number of hydrogen-bond acceptors (Lipinski definition) is 6. The minimum atomic E-state index is -1.17. The van der Waals surface area contributed by atoms with Crippen molar-refractivity contribution in [1.29, 1.82) is 5.41 Å². The maximum atomic E-state index is 15.0. The highest BCUT2D eigenvalue weighted by Crippen LogP contribution is 2.60. The standard InChI is InChI=1S/C36H62FN7O2/c1-6-8-9-12-20-43-22-16-29(44-21-13-14-26(24-44)34(46)42(4)5)28(25-43)41-33(45)30(32(38)39)31-36(17-10-11-18-36)35(3,7-2)19-15-27(37)23-40-31/h23,26-27,30-31H,6-22,24-25H2,1-5H3,(H3,38,39)(H,41,45). The highest BCUT2D eigenvalue weighted by atomic mass is 19.1. The van der Waals surface area contributed by atoms with Crippen molar-refractivity contribution in [3.05, 3.63) is 11.4 Å². The summed E-state index contributed by atoms with van der Waals surface area (Å²) in [5, 5.41) is 12.1. The Bertz CT molecular complexity index is 1130. The third-order valence-corrected chi connectivity index (χ3v) is 11.9. The Morgan fingerprint density at radius 1 is 1.13 bits per heavy atom. The molecule has 0 aromatic rings. The average molecular weight is 644 g/mol. The van der Waals surface area contributed by atoms with Crippen molar-refractivity contribution in [2.24, 2.45) is 33.4 Å². The van der Waals surface area contributed by atoms with Crippen LogP contribution in [0.3, 0.4) is 0 Å². The molecule has 0 bridgehead atoms. The zero-order valence-corrected chi connectivity index (χ0v) is 29.4. The van der Waals surface area contributed by atoms with E-state index in [4.69, 9.17) is 16.1 Å². The maximum Gasteiger partial charge on any atom is 0.237 e. The van der Waals surface area contributed by atoms with Crippen LogP contribution < -0.4 is 11.1 Å². The van der Waals surface area contributed by atoms with Crippen molar-refractivity contribution in [2.45, 2.75) is 123 Å². The van der Waals surface area contributed by atoms with Gasteiger partial charge in [0.1, 0.15) is 17.9 Å². The van der Waals surface area contributed by atoms with Gasteiger partial charge in [-0.1, -0.05) is 59.3 Å². The summed E-state index contributed by atoms with van der Waals surface area (Å²) >= 11 is 0. The number of alkyl halides is 1. The Morgan fingerprint density at radius 3 is 2.52 bits per heavy atom. The number of likely N-dealkylation sites (tertiary alicyclic amines) is 1. The van der Waals surface area contributed by atoms with Gasteiger partial charge in [-0.3, -0.25) is 24.9 Å². The first-order valence-corrected chi connectivity index (χ1v) is 18.2. The van der Waals surface area contributed by atoms with E-state index >= 15 is 0 Å². The third kappa shape index (κ3) is 7.96. The molecular formula is C36H62FN7O2. The molecule has 1 saturated carbocycles. The van der Waals surface area contributed by atoms with E-state index in [1.807, 2.05) is 14.1 Å². The van der Waals surface area contributed by atoms with E-state index in [2.05, 4.69) is 35.9 Å². The van der Waals surface area contributed by atoms with Gasteiger partial charge in [-0.15, -0.1) is 0 Å². The first kappa shape index (κ1) is 36.3. The molecule has 4 rings (SSSR count). The second-order valence-corrected chi connectivity index (χ2v) is 15.0. The molecule has 10 heteroatoms. The van der Waals surface area contributed by atoms with E-state index in [0.29, 0.717) is 19.5 Å². The van der Waals surface area contributed by atoms with Gasteiger partial charge in [-0.2, -0.15) is 0 Å². The van der Waals surface area contributed by atoms with Crippen molar-refractivity contribution < 1.29 is 14.0 Å². The van der Waals surface area contributed by atoms with Gasteiger partial charge in [-0.25, -0.2) is 4.39 Å². The number of amidine groups is 1. The first-order valence-electron chi connectivity index (χ1n) is 18.2. The number of carbonyl (C=O) groups excluding carboxylic acids is 2. The van der Waals surface area contributed by atoms with E-state index in [9.17, 15) is 14.0 Å². The minimum Gasteiger partial charge on any atom is -0.387 e. The Hall–Kier alpha value is -2.49. The second kappa shape index (κ2) is 16.1. The molecule has 0 aromatic carbocycles. The van der Waals surface area contributed by atoms with Gasteiger partial charge in [0.2, 0.25) is 11.8 Å². The van der Waals surface area contributed by atoms with Crippen molar-refractivity contribution in [3.63, 3.8) is 0 Å². The SMILES string of the molecule is CCCCCCN1CCC(N2CCCC(C(=O)N(C)C)C2)=C(NC(=O)C(C(=N)N)C2N=CC(F)CCC(C)(CC)C23CCCC3)C1. The lowest BCUT2D eigenvalue weighted by Gasteiger charge is -2.52. The number of hydrogen-bond donors (Lipinski definition) is 3. The molecule has 9 nitrogen and oxygen atoms in total. The van der Waals surface area contributed by atoms with Crippen LogP contribution in [-0.4, -0.2) is 97.6 Å². The van der Waals surface area contributed by atoms with E-state index in [-0.39, 0.29) is 34.4 Å². The number of amides is 2. The number of nitrogens with two attached hydrogens (primary N) is 1. The van der Waals surface area contributed by atoms with Crippen LogP contribution in [0, 0.1) is 28.1 Å². The van der Waals surface area contributed by atoms with Crippen LogP contribution in [0.1, 0.15) is 111 Å². The highest BCUT2D eigenvalue weighted by Gasteiger charge is 2.57. The number of piperidine rings is 1. The first-order chi connectivity index (χ1) is 22.0. The van der Waals surface area contributed by atoms with Crippen LogP contribution in [0.25, 0.3) is 0 Å². The number of rotatable bonds is 12. The number of nitrogens with one attached hydrogen (secondary N) is 2. The number of unbranched alkanes of at least 4 members (excludes halogenated alkanes) is 3. The van der Waals surface area contributed by atoms with E-state index in [1.54, 1.807) is 4.90 Å². The van der Waals surface area contributed by atoms with Crippen molar-refractivity contribution >= 4 is 23.9 Å². The summed E-state index contributed by atoms with van der Waals surface area (Å²) < 4.78 is 15.0. The Morgan fingerprint density at radius 2 is 1.87 bits per heavy atom. The van der Waals surface area contributed by atoms with Gasteiger partial charge in [0.15, 0.2) is 0 Å². The third-order valence-electron chi connectivity index (χ3n) is 11.9. The molecule has 0 radical (unpaired) electrons. The smallest absolute Gasteiger partial charge is 0.237 e. The van der Waals surface area contributed by atoms with Crippen LogP contribution in [0.4, 0.5) is 4.39 Å². The van der Waals surface area contributed by atoms with Crippen LogP contribution >= 0.6 is 0 Å². The Balaban J connectivity index is 1.68. The zero-order chi connectivity index (χ0) is 33.5. The van der Waals surface area contributed by atoms with E-state index in [1.165, 1.54) is 25.5 Å². The molecule has 1 spiro atoms. The summed E-state index contributed by atoms with van der Waals surface area (Å²) in [7, 11) is 3.63. The molecule has 1 aliphatic carbocycles. The van der Waals surface area contributed by atoms with Crippen LogP contribution in [0.15, 0.2) is 16.4 Å². The van der Waals surface area contributed by atoms with Crippen LogP contribution in [-0.2, 0) is 9.59 Å². The lowest BCUT2D eigenvalue weighted by atomic mass is 9.54. The fraction of sp³-hybridized carbons (Fsp3) is 0.833. The van der Waals surface area contributed by atoms with Crippen LogP contribution in [0.2, 0.25) is 0 Å². The van der Waals surface area contributed by atoms with Gasteiger partial charge in [0.05, 0.1) is 17.7 Å². The maximum absolute atomic E-state index is 15.0. The van der Waals surface area contributed by atoms with Crippen LogP contribution in [0.5, 0.6) is 0 Å². The summed E-state index contributed by atoms with van der Waals surface area (Å²) in [6.45, 7) is 10.6. The molecule has 260 valence electrons. The summed E-state index contributed by atoms with van der Waals surface area (Å²) in [6, 6.07) is -0.592. The molecule has 3 heterocycles. The summed E-state index contributed by atoms with van der Waals surface area (Å²) in [5.74, 6) is -1.42. The monoisotopic (exact) mass is 643 g/mol. The lowest BCUT2D eigenvalue weighted by Crippen LogP contribution is -2.57. The summed E-state index contributed by atoms with van der Waals surface area (Å²) in [4.78, 5) is 38.7. The Labute approximate surface area is 277 Å². The normalized spacial score (nSPS) is 29.3. The fourth-order valence-corrected chi connectivity index (χ4v) is 9.00. The molecule has 3 aliphatic heterocycles. The van der Waals surface area contributed by atoms with Gasteiger partial charge in [-0.05, 0) is 62.3 Å². The zero-order valence-electron chi connectivity index (χ0n) is 29.4. The van der Waals surface area contributed by atoms with E-state index < -0.39 is 18.1 Å². The molecule has 5 atom stereocenters. The highest BCUT2D eigenvalue weighted by molar-refractivity contribution is 6.02. The van der Waals surface area contributed by atoms with Gasteiger partial charge in [0, 0.05) is 58.6 Å². The predicted molar refractivity (Wildman–Crippen MR) is 184 cm³/mol. The number of halogens is 1. The van der Waals surface area contributed by atoms with Crippen molar-refractivity contribution in [1.82, 2.24) is 20.0 Å². The molecule has 4 aliphatic rings. The van der Waals surface area contributed by atoms with E-state index in [0.717, 1.165) is 95.2 Å². The number of carbonyl (C=O) groups is 2. The molecule has 0 aromatic heterocycles. The number of aliphatic imine (C=N–C) groups is 1. The molecule has 4 N–H and O–H groups in total. The lowest BCUT2D eigenvalue weighted by molar-refractivity contribution is -0.134. The molecule has 46 heavy (non-hydrogen) atoms. The number of nitrogens with zero attached hydrogens (tertiary/aromatic N) is 4. The largest absolute Gasteiger partial charge is 0.387 e. The minimum absolute atomic E-state index is 0.0721. The topological polar surface area (TPSA) is 118 Å². The Kier molecular flexibility index (Phi) is 12.7. The van der Waals surface area contributed by atoms with Gasteiger partial charge >= 0.3 is 0 Å². The predicted octanol–water partition coefficient (Wildman–Crippen LogP) is 5.50. The molecule has 2 amide bonds. The molecule has 5 unspecified atom stereocenters. The fourth-order valence-electron chi connectivity index (χ4n) is 9.00. The van der Waals surface area contributed by atoms with Crippen molar-refractivity contribution in [2.75, 3.05) is 46.8 Å². The summed E-state index contributed by atoms with van der Waals surface area (Å²) in [5.41, 5.74) is 7.74. The second-order valence-electron chi connectivity index (χ2n) is 15.0. The molecule has 1 saturated heterocycles. The molecular weight excluding hydrogens is 581 g/mol. The summed E-state index contributed by atoms with van der Waals surface area (Å²) in [6.07, 6.45) is 13.4. The van der Waals surface area contributed by atoms with Gasteiger partial charge in [0.25, 0.3) is 0 Å². The van der Waals surface area contributed by atoms with Crippen molar-refractivity contribution in [3.8, 4) is 0 Å². The quantitative estimate of drug-likeness (QED) is 0.148. The van der Waals surface area contributed by atoms with Gasteiger partial charge < -0.3 is 20.9 Å². The molecule has 2 fully saturated rings. The average Bonchev–Trinajstić information content (AvgIpc) is 3.54.